The largest absolute Gasteiger partial charge is 0.490 e. The molecule has 17 heteroatoms. The van der Waals surface area contributed by atoms with Crippen LogP contribution in [0.1, 0.15) is 61.8 Å². The molecule has 0 bridgehead atoms. The molecule has 2 aromatic carbocycles. The van der Waals surface area contributed by atoms with Crippen LogP contribution in [0.3, 0.4) is 0 Å². The third-order valence-corrected chi connectivity index (χ3v) is 6.47. The Labute approximate surface area is 395 Å². The Morgan fingerprint density at radius 3 is 1.21 bits per heavy atom. The highest BCUT2D eigenvalue weighted by Gasteiger charge is 2.16. The third kappa shape index (κ3) is 46.9. The number of para-hydroxylation sites is 2. The van der Waals surface area contributed by atoms with E-state index in [0.29, 0.717) is 50.8 Å². The maximum absolute atomic E-state index is 11.0. The zero-order chi connectivity index (χ0) is 51.5. The average Bonchev–Trinajstić information content (AvgIpc) is 3.28. The van der Waals surface area contributed by atoms with Crippen LogP contribution in [-0.2, 0) is 71.5 Å². The summed E-state index contributed by atoms with van der Waals surface area (Å²) < 4.78 is 49.2. The van der Waals surface area contributed by atoms with Crippen LogP contribution >= 0.6 is 0 Å². The van der Waals surface area contributed by atoms with Gasteiger partial charge >= 0.3 is 35.8 Å². The van der Waals surface area contributed by atoms with Gasteiger partial charge in [-0.2, -0.15) is 0 Å². The molecule has 0 aliphatic carbocycles. The zero-order valence-corrected chi connectivity index (χ0v) is 40.4. The smallest absolute Gasteiger partial charge is 0.333 e. The number of carbonyl (C=O) groups excluding carboxylic acids is 7. The van der Waals surface area contributed by atoms with Crippen molar-refractivity contribution >= 4 is 41.6 Å². The molecule has 17 nitrogen and oxygen atoms in total. The SMILES string of the molecule is C=C(C)C(=O)OC(C)(C)C.C=C(C)C(=O)OCCOC(=O)CC(C)=O.C=C(C)C(=O)OCCOc1ccccc1.C=CC(=O)OCCOCCOCC.C=CC(=O)OCCOc1ccccc1. The Hall–Kier alpha value is -6.85. The molecule has 67 heavy (non-hydrogen) atoms. The summed E-state index contributed by atoms with van der Waals surface area (Å²) in [6.07, 6.45) is 2.00. The minimum absolute atomic E-state index is 0.0324. The maximum atomic E-state index is 11.0. The molecule has 0 saturated heterocycles. The zero-order valence-electron chi connectivity index (χ0n) is 40.4. The van der Waals surface area contributed by atoms with Crippen LogP contribution in [0.2, 0.25) is 0 Å². The lowest BCUT2D eigenvalue weighted by Gasteiger charge is -2.19. The van der Waals surface area contributed by atoms with Crippen molar-refractivity contribution in [3.05, 3.63) is 122 Å². The molecule has 0 radical (unpaired) electrons. The minimum Gasteiger partial charge on any atom is -0.490 e. The lowest BCUT2D eigenvalue weighted by Crippen LogP contribution is -2.23. The standard InChI is InChI=1S/C12H14O3.C11H12O3.C10H14O5.C9H16O4.C8H14O2/c1-10(2)12(13)15-9-8-14-11-6-4-3-5-7-11;1-2-11(12)14-9-8-13-10-6-4-3-5-7-10;1-7(2)10(13)15-5-4-14-9(12)6-8(3)11;1-3-9(10)13-8-7-12-6-5-11-4-2;1-6(2)7(9)10-8(3,4)5/h3-7H,1,8-9H2,2H3;2-7H,1,8-9H2;1,4-6H2,2-3H3;3H,1,4-8H2,2H3;1H2,2-5H3. The van der Waals surface area contributed by atoms with Crippen molar-refractivity contribution in [1.29, 1.82) is 0 Å². The molecule has 0 fully saturated rings. The number of carbonyl (C=O) groups is 7. The molecule has 0 saturated carbocycles. The van der Waals surface area contributed by atoms with Gasteiger partial charge in [-0.3, -0.25) is 9.59 Å². The van der Waals surface area contributed by atoms with Crippen LogP contribution in [0.25, 0.3) is 0 Å². The summed E-state index contributed by atoms with van der Waals surface area (Å²) in [5, 5.41) is 0. The van der Waals surface area contributed by atoms with E-state index in [2.05, 4.69) is 47.1 Å². The van der Waals surface area contributed by atoms with E-state index in [1.54, 1.807) is 13.8 Å². The first kappa shape index (κ1) is 64.4. The van der Waals surface area contributed by atoms with Gasteiger partial charge in [-0.1, -0.05) is 69.3 Å². The van der Waals surface area contributed by atoms with Gasteiger partial charge in [0.1, 0.15) is 75.6 Å². The quantitative estimate of drug-likeness (QED) is 0.0315. The fourth-order valence-corrected chi connectivity index (χ4v) is 3.47. The monoisotopic (exact) mass is 942 g/mol. The summed E-state index contributed by atoms with van der Waals surface area (Å²) >= 11 is 0. The van der Waals surface area contributed by atoms with Crippen molar-refractivity contribution in [3.8, 4) is 11.5 Å². The Morgan fingerprint density at radius 2 is 0.851 bits per heavy atom. The minimum atomic E-state index is -0.617. The second-order valence-corrected chi connectivity index (χ2v) is 14.1. The predicted octanol–water partition coefficient (Wildman–Crippen LogP) is 7.28. The van der Waals surface area contributed by atoms with Gasteiger partial charge in [-0.05, 0) is 79.7 Å². The van der Waals surface area contributed by atoms with E-state index in [0.717, 1.165) is 23.7 Å². The van der Waals surface area contributed by atoms with Crippen molar-refractivity contribution in [2.45, 2.75) is 67.4 Å². The summed E-state index contributed by atoms with van der Waals surface area (Å²) in [4.78, 5) is 75.1. The molecule has 0 N–H and O–H groups in total. The van der Waals surface area contributed by atoms with Crippen molar-refractivity contribution in [3.63, 3.8) is 0 Å². The van der Waals surface area contributed by atoms with E-state index in [4.69, 9.17) is 33.2 Å². The highest BCUT2D eigenvalue weighted by molar-refractivity contribution is 5.94. The molecule has 0 aliphatic heterocycles. The van der Waals surface area contributed by atoms with Crippen LogP contribution in [0.15, 0.2) is 122 Å². The maximum Gasteiger partial charge on any atom is 0.333 e. The second kappa shape index (κ2) is 41.8. The number of ether oxygens (including phenoxy) is 10. The van der Waals surface area contributed by atoms with Crippen molar-refractivity contribution in [1.82, 2.24) is 0 Å². The fraction of sp³-hybridized carbons (Fsp3) is 0.420. The number of rotatable bonds is 25. The molecule has 0 atom stereocenters. The molecular formula is C50H70O17. The van der Waals surface area contributed by atoms with Gasteiger partial charge in [0.2, 0.25) is 0 Å². The first-order valence-corrected chi connectivity index (χ1v) is 20.9. The molecule has 0 heterocycles. The first-order chi connectivity index (χ1) is 31.6. The highest BCUT2D eigenvalue weighted by Crippen LogP contribution is 2.10. The second-order valence-electron chi connectivity index (χ2n) is 14.1. The highest BCUT2D eigenvalue weighted by atomic mass is 16.6. The molecular weight excluding hydrogens is 873 g/mol. The van der Waals surface area contributed by atoms with Gasteiger partial charge in [0.25, 0.3) is 0 Å². The number of benzene rings is 2. The van der Waals surface area contributed by atoms with Gasteiger partial charge in [-0.15, -0.1) is 0 Å². The molecule has 372 valence electrons. The van der Waals surface area contributed by atoms with E-state index >= 15 is 0 Å². The number of hydrogen-bond donors (Lipinski definition) is 0. The number of ketones is 1. The van der Waals surface area contributed by atoms with Crippen LogP contribution in [0.4, 0.5) is 0 Å². The van der Waals surface area contributed by atoms with Gasteiger partial charge in [0, 0.05) is 35.5 Å². The Morgan fingerprint density at radius 1 is 0.493 bits per heavy atom. The van der Waals surface area contributed by atoms with Crippen LogP contribution in [0.5, 0.6) is 11.5 Å². The normalized spacial score (nSPS) is 9.55. The summed E-state index contributed by atoms with van der Waals surface area (Å²) in [5.41, 5.74) is 0.713. The summed E-state index contributed by atoms with van der Waals surface area (Å²) in [7, 11) is 0. The Bertz CT molecular complexity index is 1800. The number of esters is 6. The summed E-state index contributed by atoms with van der Waals surface area (Å²) in [5.74, 6) is -1.44. The molecule has 0 aliphatic rings. The fourth-order valence-electron chi connectivity index (χ4n) is 3.47. The Balaban J connectivity index is -0.000000769. The Kier molecular flexibility index (Phi) is 40.2. The van der Waals surface area contributed by atoms with Crippen molar-refractivity contribution in [2.24, 2.45) is 0 Å². The van der Waals surface area contributed by atoms with Gasteiger partial charge in [-0.25, -0.2) is 24.0 Å². The lowest BCUT2D eigenvalue weighted by atomic mass is 10.2. The van der Waals surface area contributed by atoms with E-state index in [1.165, 1.54) is 13.8 Å². The van der Waals surface area contributed by atoms with E-state index in [-0.39, 0.29) is 62.8 Å². The molecule has 0 amide bonds. The van der Waals surface area contributed by atoms with E-state index in [1.807, 2.05) is 88.4 Å². The topological polar surface area (TPSA) is 212 Å². The van der Waals surface area contributed by atoms with E-state index < -0.39 is 29.5 Å². The van der Waals surface area contributed by atoms with Crippen LogP contribution in [-0.4, -0.2) is 120 Å². The number of Topliss-reactive ketones (excluding diaryl/α,β-unsaturated/α-hetero) is 1. The van der Waals surface area contributed by atoms with Crippen LogP contribution < -0.4 is 9.47 Å². The first-order valence-electron chi connectivity index (χ1n) is 20.9. The van der Waals surface area contributed by atoms with E-state index in [9.17, 15) is 33.6 Å². The molecule has 2 aromatic rings. The molecule has 0 spiro atoms. The van der Waals surface area contributed by atoms with Crippen molar-refractivity contribution in [2.75, 3.05) is 72.7 Å². The average molecular weight is 943 g/mol. The number of hydrogen-bond acceptors (Lipinski definition) is 17. The third-order valence-electron chi connectivity index (χ3n) is 6.47. The molecule has 0 aromatic heterocycles. The van der Waals surface area contributed by atoms with Gasteiger partial charge in [0.05, 0.1) is 19.8 Å². The van der Waals surface area contributed by atoms with Gasteiger partial charge < -0.3 is 47.4 Å². The van der Waals surface area contributed by atoms with Gasteiger partial charge in [0.15, 0.2) is 0 Å². The molecule has 0 unspecified atom stereocenters. The predicted molar refractivity (Wildman–Crippen MR) is 252 cm³/mol. The summed E-state index contributed by atoms with van der Waals surface area (Å²) in [6, 6.07) is 18.7. The lowest BCUT2D eigenvalue weighted by molar-refractivity contribution is -0.151. The molecule has 2 rings (SSSR count). The van der Waals surface area contributed by atoms with Crippen LogP contribution in [0, 0.1) is 0 Å². The van der Waals surface area contributed by atoms with Crippen molar-refractivity contribution < 1.29 is 80.9 Å². The summed E-state index contributed by atoms with van der Waals surface area (Å²) in [6.45, 7) is 33.9.